The van der Waals surface area contributed by atoms with Gasteiger partial charge >= 0.3 is 0 Å². The Morgan fingerprint density at radius 2 is 2.31 bits per heavy atom. The van der Waals surface area contributed by atoms with E-state index in [1.165, 1.54) is 5.69 Å². The van der Waals surface area contributed by atoms with Gasteiger partial charge in [-0.25, -0.2) is 0 Å². The highest BCUT2D eigenvalue weighted by molar-refractivity contribution is 5.07. The van der Waals surface area contributed by atoms with E-state index >= 15 is 0 Å². The minimum Gasteiger partial charge on any atom is -0.328 e. The van der Waals surface area contributed by atoms with E-state index in [1.807, 2.05) is 17.9 Å². The van der Waals surface area contributed by atoms with Crippen molar-refractivity contribution in [2.45, 2.75) is 44.8 Å². The summed E-state index contributed by atoms with van der Waals surface area (Å²) >= 11 is 0. The maximum Gasteiger partial charge on any atom is 0.0549 e. The summed E-state index contributed by atoms with van der Waals surface area (Å²) in [6, 6.07) is 3.47. The van der Waals surface area contributed by atoms with Gasteiger partial charge in [0.1, 0.15) is 0 Å². The first-order valence-electron chi connectivity index (χ1n) is 6.09. The van der Waals surface area contributed by atoms with Gasteiger partial charge in [-0.1, -0.05) is 0 Å². The number of hydrogen-bond acceptors (Lipinski definition) is 3. The predicted molar refractivity (Wildman–Crippen MR) is 65.0 cm³/mol. The molecule has 2 N–H and O–H groups in total. The molecule has 4 nitrogen and oxygen atoms in total. The molecular formula is C12H22N4. The van der Waals surface area contributed by atoms with Crippen molar-refractivity contribution < 1.29 is 0 Å². The molecule has 16 heavy (non-hydrogen) atoms. The van der Waals surface area contributed by atoms with Crippen LogP contribution in [0, 0.1) is 0 Å². The minimum atomic E-state index is 0.380. The molecule has 0 radical (unpaired) electrons. The van der Waals surface area contributed by atoms with Gasteiger partial charge in [-0.15, -0.1) is 0 Å². The number of hydrogen-bond donors (Lipinski definition) is 1. The van der Waals surface area contributed by atoms with Crippen LogP contribution < -0.4 is 5.73 Å². The number of aryl methyl sites for hydroxylation is 1. The Labute approximate surface area is 97.4 Å². The monoisotopic (exact) mass is 222 g/mol. The molecule has 1 aliphatic heterocycles. The predicted octanol–water partition coefficient (Wildman–Crippen LogP) is 1.29. The van der Waals surface area contributed by atoms with E-state index in [4.69, 9.17) is 5.73 Å². The van der Waals surface area contributed by atoms with Gasteiger partial charge < -0.3 is 5.73 Å². The van der Waals surface area contributed by atoms with Crippen LogP contribution >= 0.6 is 0 Å². The summed E-state index contributed by atoms with van der Waals surface area (Å²) in [5, 5.41) is 4.24. The molecule has 2 heterocycles. The molecule has 1 fully saturated rings. The molecule has 3 unspecified atom stereocenters. The largest absolute Gasteiger partial charge is 0.328 e. The molecule has 2 rings (SSSR count). The SMILES string of the molecule is CC1CC(N)CCN1C(C)c1ccnn1C. The molecule has 3 atom stereocenters. The molecule has 1 aromatic heterocycles. The van der Waals surface area contributed by atoms with Gasteiger partial charge in [0.05, 0.1) is 5.69 Å². The van der Waals surface area contributed by atoms with Crippen molar-refractivity contribution in [3.63, 3.8) is 0 Å². The minimum absolute atomic E-state index is 0.380. The Balaban J connectivity index is 2.10. The van der Waals surface area contributed by atoms with Gasteiger partial charge in [0.15, 0.2) is 0 Å². The second-order valence-corrected chi connectivity index (χ2v) is 4.93. The molecule has 0 spiro atoms. The van der Waals surface area contributed by atoms with Crippen molar-refractivity contribution in [3.8, 4) is 0 Å². The first kappa shape index (κ1) is 11.6. The Morgan fingerprint density at radius 3 is 2.88 bits per heavy atom. The third kappa shape index (κ3) is 2.13. The van der Waals surface area contributed by atoms with E-state index in [-0.39, 0.29) is 0 Å². The summed E-state index contributed by atoms with van der Waals surface area (Å²) in [5.41, 5.74) is 7.27. The Hall–Kier alpha value is -0.870. The zero-order valence-electron chi connectivity index (χ0n) is 10.4. The van der Waals surface area contributed by atoms with E-state index < -0.39 is 0 Å². The lowest BCUT2D eigenvalue weighted by atomic mass is 9.97. The third-order valence-corrected chi connectivity index (χ3v) is 3.75. The van der Waals surface area contributed by atoms with Gasteiger partial charge in [-0.3, -0.25) is 9.58 Å². The first-order chi connectivity index (χ1) is 7.59. The van der Waals surface area contributed by atoms with Crippen LogP contribution in [0.5, 0.6) is 0 Å². The van der Waals surface area contributed by atoms with E-state index in [0.29, 0.717) is 18.1 Å². The van der Waals surface area contributed by atoms with Gasteiger partial charge in [0, 0.05) is 37.9 Å². The summed E-state index contributed by atoms with van der Waals surface area (Å²) in [7, 11) is 2.01. The van der Waals surface area contributed by atoms with Crippen LogP contribution in [0.2, 0.25) is 0 Å². The number of aromatic nitrogens is 2. The summed E-state index contributed by atoms with van der Waals surface area (Å²) < 4.78 is 1.96. The third-order valence-electron chi connectivity index (χ3n) is 3.75. The second-order valence-electron chi connectivity index (χ2n) is 4.93. The van der Waals surface area contributed by atoms with Crippen LogP contribution in [0.15, 0.2) is 12.3 Å². The molecule has 0 bridgehead atoms. The molecule has 0 saturated carbocycles. The quantitative estimate of drug-likeness (QED) is 0.820. The molecule has 1 aliphatic rings. The maximum atomic E-state index is 5.99. The molecule has 1 saturated heterocycles. The average Bonchev–Trinajstić information content (AvgIpc) is 2.63. The van der Waals surface area contributed by atoms with Gasteiger partial charge in [0.25, 0.3) is 0 Å². The zero-order valence-corrected chi connectivity index (χ0v) is 10.4. The highest BCUT2D eigenvalue weighted by Gasteiger charge is 2.28. The van der Waals surface area contributed by atoms with Crippen LogP contribution in [0.4, 0.5) is 0 Å². The van der Waals surface area contributed by atoms with Crippen LogP contribution in [-0.4, -0.2) is 33.3 Å². The normalized spacial score (nSPS) is 29.2. The molecule has 0 aromatic carbocycles. The Kier molecular flexibility index (Phi) is 3.30. The smallest absolute Gasteiger partial charge is 0.0549 e. The van der Waals surface area contributed by atoms with Crippen LogP contribution in [-0.2, 0) is 7.05 Å². The maximum absolute atomic E-state index is 5.99. The number of piperidine rings is 1. The fraction of sp³-hybridized carbons (Fsp3) is 0.750. The van der Waals surface area contributed by atoms with E-state index in [0.717, 1.165) is 19.4 Å². The number of rotatable bonds is 2. The van der Waals surface area contributed by atoms with Gasteiger partial charge in [-0.2, -0.15) is 5.10 Å². The summed E-state index contributed by atoms with van der Waals surface area (Å²) in [5.74, 6) is 0. The molecule has 4 heteroatoms. The van der Waals surface area contributed by atoms with Crippen molar-refractivity contribution in [2.75, 3.05) is 6.54 Å². The van der Waals surface area contributed by atoms with Crippen LogP contribution in [0.3, 0.4) is 0 Å². The van der Waals surface area contributed by atoms with Gasteiger partial charge in [0.2, 0.25) is 0 Å². The lowest BCUT2D eigenvalue weighted by Gasteiger charge is -2.40. The fourth-order valence-electron chi connectivity index (χ4n) is 2.77. The number of likely N-dealkylation sites (tertiary alicyclic amines) is 1. The Morgan fingerprint density at radius 1 is 1.56 bits per heavy atom. The van der Waals surface area contributed by atoms with Crippen molar-refractivity contribution in [2.24, 2.45) is 12.8 Å². The van der Waals surface area contributed by atoms with E-state index in [1.54, 1.807) is 0 Å². The molecule has 90 valence electrons. The summed E-state index contributed by atoms with van der Waals surface area (Å²) in [6.07, 6.45) is 4.07. The molecule has 0 amide bonds. The summed E-state index contributed by atoms with van der Waals surface area (Å²) in [4.78, 5) is 2.53. The standard InChI is InChI=1S/C12H22N4/c1-9-8-11(13)5-7-16(9)10(2)12-4-6-14-15(12)3/h4,6,9-11H,5,7-8,13H2,1-3H3. The van der Waals surface area contributed by atoms with Gasteiger partial charge in [-0.05, 0) is 32.8 Å². The van der Waals surface area contributed by atoms with Crippen LogP contribution in [0.25, 0.3) is 0 Å². The van der Waals surface area contributed by atoms with Crippen molar-refractivity contribution >= 4 is 0 Å². The zero-order chi connectivity index (χ0) is 11.7. The molecular weight excluding hydrogens is 200 g/mol. The highest BCUT2D eigenvalue weighted by Crippen LogP contribution is 2.27. The fourth-order valence-corrected chi connectivity index (χ4v) is 2.77. The van der Waals surface area contributed by atoms with Crippen molar-refractivity contribution in [3.05, 3.63) is 18.0 Å². The lowest BCUT2D eigenvalue weighted by molar-refractivity contribution is 0.100. The van der Waals surface area contributed by atoms with Crippen LogP contribution in [0.1, 0.15) is 38.4 Å². The average molecular weight is 222 g/mol. The van der Waals surface area contributed by atoms with Crippen molar-refractivity contribution in [1.82, 2.24) is 14.7 Å². The summed E-state index contributed by atoms with van der Waals surface area (Å²) in [6.45, 7) is 5.62. The molecule has 0 aliphatic carbocycles. The molecule has 1 aromatic rings. The Bertz CT molecular complexity index is 347. The van der Waals surface area contributed by atoms with Crippen molar-refractivity contribution in [1.29, 1.82) is 0 Å². The number of nitrogens with zero attached hydrogens (tertiary/aromatic N) is 3. The highest BCUT2D eigenvalue weighted by atomic mass is 15.3. The first-order valence-corrected chi connectivity index (χ1v) is 6.09. The van der Waals surface area contributed by atoms with E-state index in [2.05, 4.69) is 29.9 Å². The lowest BCUT2D eigenvalue weighted by Crippen LogP contribution is -2.46. The van der Waals surface area contributed by atoms with E-state index in [9.17, 15) is 0 Å². The topological polar surface area (TPSA) is 47.1 Å². The second kappa shape index (κ2) is 4.55. The number of nitrogens with two attached hydrogens (primary N) is 1.